The van der Waals surface area contributed by atoms with Gasteiger partial charge in [0.1, 0.15) is 5.60 Å². The zero-order valence-electron chi connectivity index (χ0n) is 28.5. The van der Waals surface area contributed by atoms with E-state index in [9.17, 15) is 28.8 Å². The van der Waals surface area contributed by atoms with Gasteiger partial charge >= 0.3 is 11.9 Å². The molecule has 254 valence electrons. The second-order valence-electron chi connectivity index (χ2n) is 13.7. The molecule has 2 aliphatic rings. The molecule has 14 heteroatoms. The van der Waals surface area contributed by atoms with E-state index < -0.39 is 23.1 Å². The molecular weight excluding hydrogens is 592 g/mol. The second kappa shape index (κ2) is 16.2. The van der Waals surface area contributed by atoms with Crippen LogP contribution >= 0.6 is 0 Å². The highest BCUT2D eigenvalue weighted by Gasteiger charge is 2.34. The molecule has 0 atom stereocenters. The number of nitrogens with zero attached hydrogens (tertiary/aromatic N) is 2. The summed E-state index contributed by atoms with van der Waals surface area (Å²) in [5, 5.41) is 8.92. The van der Waals surface area contributed by atoms with E-state index in [1.807, 2.05) is 13.8 Å². The summed E-state index contributed by atoms with van der Waals surface area (Å²) in [7, 11) is 0. The van der Waals surface area contributed by atoms with Crippen molar-refractivity contribution in [2.24, 2.45) is 5.41 Å². The summed E-state index contributed by atoms with van der Waals surface area (Å²) < 4.78 is 0. The van der Waals surface area contributed by atoms with E-state index in [1.54, 1.807) is 48.5 Å². The molecule has 14 nitrogen and oxygen atoms in total. The van der Waals surface area contributed by atoms with Crippen LogP contribution in [0.4, 0.5) is 0 Å². The van der Waals surface area contributed by atoms with Crippen LogP contribution in [-0.2, 0) is 58.4 Å². The predicted molar refractivity (Wildman–Crippen MR) is 158 cm³/mol. The molecule has 0 bridgehead atoms. The van der Waals surface area contributed by atoms with Gasteiger partial charge in [0.05, 0.1) is 18.4 Å². The van der Waals surface area contributed by atoms with Crippen LogP contribution < -0.4 is 0 Å². The Morgan fingerprint density at radius 2 is 0.956 bits per heavy atom. The van der Waals surface area contributed by atoms with Crippen molar-refractivity contribution < 1.29 is 58.4 Å². The molecule has 0 radical (unpaired) electrons. The van der Waals surface area contributed by atoms with Crippen LogP contribution in [0.15, 0.2) is 22.3 Å². The van der Waals surface area contributed by atoms with Crippen molar-refractivity contribution in [2.75, 3.05) is 13.1 Å². The van der Waals surface area contributed by atoms with Crippen molar-refractivity contribution in [1.82, 2.24) is 9.80 Å². The van der Waals surface area contributed by atoms with Gasteiger partial charge in [-0.3, -0.25) is 38.8 Å². The van der Waals surface area contributed by atoms with Crippen LogP contribution in [0.5, 0.6) is 0 Å². The Balaban J connectivity index is 0.000000454. The van der Waals surface area contributed by atoms with Crippen molar-refractivity contribution >= 4 is 35.6 Å². The van der Waals surface area contributed by atoms with E-state index >= 15 is 0 Å². The maximum absolute atomic E-state index is 11.9. The molecule has 0 unspecified atom stereocenters. The van der Waals surface area contributed by atoms with Crippen LogP contribution in [0, 0.1) is 5.41 Å². The third kappa shape index (κ3) is 13.2. The Morgan fingerprint density at radius 1 is 0.578 bits per heavy atom. The SMILES string of the molecule is CC1=C(C)C(=O)N(CCC(=O)OOOC(C)(C)CC(C)(C)C)C1=O.CC1=C(C)C(=O)N(CCCC(=O)OOOC(C)(C)C)C1=O. The minimum absolute atomic E-state index is 0.0165. The minimum Gasteiger partial charge on any atom is -0.275 e. The summed E-state index contributed by atoms with van der Waals surface area (Å²) in [6.45, 7) is 21.6. The zero-order valence-corrected chi connectivity index (χ0v) is 28.5. The van der Waals surface area contributed by atoms with E-state index in [-0.39, 0.29) is 55.0 Å². The van der Waals surface area contributed by atoms with Gasteiger partial charge < -0.3 is 0 Å². The van der Waals surface area contributed by atoms with Gasteiger partial charge in [-0.25, -0.2) is 9.59 Å². The van der Waals surface area contributed by atoms with Gasteiger partial charge in [0.2, 0.25) is 0 Å². The largest absolute Gasteiger partial charge is 0.347 e. The van der Waals surface area contributed by atoms with Gasteiger partial charge in [-0.1, -0.05) is 20.8 Å². The van der Waals surface area contributed by atoms with E-state index in [4.69, 9.17) is 9.78 Å². The molecule has 0 spiro atoms. The number of hydrogen-bond acceptors (Lipinski definition) is 12. The number of amides is 4. The predicted octanol–water partition coefficient (Wildman–Crippen LogP) is 4.38. The summed E-state index contributed by atoms with van der Waals surface area (Å²) in [6, 6.07) is 0. The normalized spacial score (nSPS) is 16.1. The summed E-state index contributed by atoms with van der Waals surface area (Å²) in [6.07, 6.45) is 0.845. The van der Waals surface area contributed by atoms with Crippen molar-refractivity contribution in [1.29, 1.82) is 0 Å². The molecule has 0 saturated heterocycles. The van der Waals surface area contributed by atoms with Gasteiger partial charge in [-0.15, -0.1) is 0 Å². The first-order valence-corrected chi connectivity index (χ1v) is 14.6. The molecule has 4 amide bonds. The first kappa shape index (κ1) is 39.6. The monoisotopic (exact) mass is 640 g/mol. The summed E-state index contributed by atoms with van der Waals surface area (Å²) in [5.74, 6) is -2.72. The maximum Gasteiger partial charge on any atom is 0.347 e. The second-order valence-corrected chi connectivity index (χ2v) is 13.7. The topological polar surface area (TPSA) is 164 Å². The lowest BCUT2D eigenvalue weighted by atomic mass is 9.84. The smallest absolute Gasteiger partial charge is 0.275 e. The van der Waals surface area contributed by atoms with Crippen molar-refractivity contribution in [3.8, 4) is 0 Å². The molecular formula is C31H48N2O12. The van der Waals surface area contributed by atoms with Crippen molar-refractivity contribution in [2.45, 2.75) is 120 Å². The number of carbonyl (C=O) groups excluding carboxylic acids is 6. The van der Waals surface area contributed by atoms with E-state index in [0.717, 1.165) is 9.80 Å². The van der Waals surface area contributed by atoms with Crippen LogP contribution in [0.1, 0.15) is 109 Å². The highest BCUT2D eigenvalue weighted by Crippen LogP contribution is 2.29. The lowest BCUT2D eigenvalue weighted by Gasteiger charge is -2.29. The van der Waals surface area contributed by atoms with E-state index in [0.29, 0.717) is 35.1 Å². The number of carbonyl (C=O) groups is 6. The lowest BCUT2D eigenvalue weighted by Crippen LogP contribution is -2.34. The third-order valence-corrected chi connectivity index (χ3v) is 6.44. The van der Waals surface area contributed by atoms with Gasteiger partial charge in [0.25, 0.3) is 23.6 Å². The number of hydrogen-bond donors (Lipinski definition) is 0. The molecule has 45 heavy (non-hydrogen) atoms. The average molecular weight is 641 g/mol. The zero-order chi connectivity index (χ0) is 34.9. The standard InChI is InChI=1S/C17H27NO6.C14H21NO6/c1-11-12(2)15(21)18(14(11)20)9-8-13(19)22-24-23-17(6,7)10-16(3,4)5;1-9-10(2)13(18)15(12(9)17)8-6-7-11(16)19-21-20-14(3,4)5/h8-10H2,1-7H3;6-8H2,1-5H3. The van der Waals surface area contributed by atoms with E-state index in [2.05, 4.69) is 40.6 Å². The fraction of sp³-hybridized carbons (Fsp3) is 0.677. The number of rotatable bonds is 13. The van der Waals surface area contributed by atoms with Gasteiger partial charge in [-0.05, 0) is 90.6 Å². The van der Waals surface area contributed by atoms with Gasteiger partial charge in [-0.2, -0.15) is 9.78 Å². The van der Waals surface area contributed by atoms with Gasteiger partial charge in [0.15, 0.2) is 0 Å². The first-order chi connectivity index (χ1) is 20.5. The summed E-state index contributed by atoms with van der Waals surface area (Å²) in [5.41, 5.74) is 0.506. The Kier molecular flexibility index (Phi) is 14.2. The Hall–Kier alpha value is -3.46. The first-order valence-electron chi connectivity index (χ1n) is 14.6. The van der Waals surface area contributed by atoms with Crippen LogP contribution in [0.2, 0.25) is 0 Å². The quantitative estimate of drug-likeness (QED) is 0.159. The Morgan fingerprint density at radius 3 is 1.36 bits per heavy atom. The van der Waals surface area contributed by atoms with Crippen molar-refractivity contribution in [3.63, 3.8) is 0 Å². The van der Waals surface area contributed by atoms with Crippen LogP contribution in [0.3, 0.4) is 0 Å². The molecule has 0 aromatic rings. The molecule has 0 aromatic carbocycles. The van der Waals surface area contributed by atoms with Gasteiger partial charge in [0, 0.05) is 35.4 Å². The molecule has 0 aromatic heterocycles. The Labute approximate surface area is 264 Å². The lowest BCUT2D eigenvalue weighted by molar-refractivity contribution is -0.518. The fourth-order valence-corrected chi connectivity index (χ4v) is 4.32. The highest BCUT2D eigenvalue weighted by molar-refractivity contribution is 6.19. The molecule has 0 N–H and O–H groups in total. The van der Waals surface area contributed by atoms with E-state index in [1.165, 1.54) is 0 Å². The molecule has 2 rings (SSSR count). The third-order valence-electron chi connectivity index (χ3n) is 6.44. The Bertz CT molecular complexity index is 1170. The maximum atomic E-state index is 11.9. The summed E-state index contributed by atoms with van der Waals surface area (Å²) in [4.78, 5) is 91.3. The fourth-order valence-electron chi connectivity index (χ4n) is 4.32. The highest BCUT2D eigenvalue weighted by atomic mass is 17.5. The minimum atomic E-state index is -0.718. The molecule has 0 saturated carbocycles. The summed E-state index contributed by atoms with van der Waals surface area (Å²) >= 11 is 0. The molecule has 0 aliphatic carbocycles. The molecule has 2 heterocycles. The average Bonchev–Trinajstić information content (AvgIpc) is 3.19. The van der Waals surface area contributed by atoms with Crippen LogP contribution in [0.25, 0.3) is 0 Å². The van der Waals surface area contributed by atoms with Crippen LogP contribution in [-0.4, -0.2) is 69.7 Å². The molecule has 2 aliphatic heterocycles. The van der Waals surface area contributed by atoms with Crippen molar-refractivity contribution in [3.05, 3.63) is 22.3 Å². The molecule has 0 fully saturated rings. The number of imide groups is 2.